The van der Waals surface area contributed by atoms with Crippen molar-refractivity contribution in [1.82, 2.24) is 15.0 Å². The Balaban J connectivity index is 1.60. The summed E-state index contributed by atoms with van der Waals surface area (Å²) in [5, 5.41) is 10.8. The van der Waals surface area contributed by atoms with E-state index in [0.717, 1.165) is 38.7 Å². The van der Waals surface area contributed by atoms with Gasteiger partial charge in [0, 0.05) is 35.1 Å². The predicted octanol–water partition coefficient (Wildman–Crippen LogP) is 5.94. The van der Waals surface area contributed by atoms with Crippen LogP contribution in [0.4, 0.5) is 0 Å². The lowest BCUT2D eigenvalue weighted by atomic mass is 9.99. The fourth-order valence-electron chi connectivity index (χ4n) is 3.96. The fraction of sp³-hybridized carbons (Fsp3) is 0.222. The van der Waals surface area contributed by atoms with Crippen LogP contribution in [-0.4, -0.2) is 20.1 Å². The van der Waals surface area contributed by atoms with E-state index in [2.05, 4.69) is 55.2 Å². The molecule has 1 aliphatic rings. The number of nitrogens with zero attached hydrogens (tertiary/aromatic N) is 3. The first-order valence-corrected chi connectivity index (χ1v) is 11.9. The van der Waals surface area contributed by atoms with Crippen LogP contribution in [0.1, 0.15) is 39.1 Å². The highest BCUT2D eigenvalue weighted by molar-refractivity contribution is 7.98. The third kappa shape index (κ3) is 4.24. The largest absolute Gasteiger partial charge is 0.436 e. The molecule has 0 aliphatic carbocycles. The Hall–Kier alpha value is -3.22. The van der Waals surface area contributed by atoms with E-state index in [1.54, 1.807) is 18.0 Å². The number of aliphatic hydroxyl groups excluding tert-OH is 1. The summed E-state index contributed by atoms with van der Waals surface area (Å²) >= 11 is 1.70. The maximum atomic E-state index is 9.87. The summed E-state index contributed by atoms with van der Waals surface area (Å²) in [7, 11) is 0. The molecular formula is C27H25N3O2S. The molecule has 166 valence electrons. The summed E-state index contributed by atoms with van der Waals surface area (Å²) in [6.07, 6.45) is 2.33. The molecule has 0 saturated carbocycles. The zero-order valence-corrected chi connectivity index (χ0v) is 19.7. The molecule has 0 bridgehead atoms. The van der Waals surface area contributed by atoms with Crippen molar-refractivity contribution in [2.45, 2.75) is 44.6 Å². The number of fused-ring (bicyclic) bond motifs is 2. The zero-order valence-electron chi connectivity index (χ0n) is 18.9. The van der Waals surface area contributed by atoms with Crippen LogP contribution in [0.15, 0.2) is 59.8 Å². The monoisotopic (exact) mass is 455 g/mol. The molecule has 33 heavy (non-hydrogen) atoms. The molecule has 0 saturated heterocycles. The van der Waals surface area contributed by atoms with E-state index in [1.165, 1.54) is 16.7 Å². The molecule has 5 rings (SSSR count). The van der Waals surface area contributed by atoms with E-state index in [4.69, 9.17) is 14.7 Å². The van der Waals surface area contributed by atoms with Gasteiger partial charge in [0.2, 0.25) is 5.88 Å². The molecule has 1 N–H and O–H groups in total. The zero-order chi connectivity index (χ0) is 22.9. The topological polar surface area (TPSA) is 68.1 Å². The average Bonchev–Trinajstić information content (AvgIpc) is 2.83. The summed E-state index contributed by atoms with van der Waals surface area (Å²) < 4.78 is 6.31. The van der Waals surface area contributed by atoms with Gasteiger partial charge in [-0.05, 0) is 31.9 Å². The van der Waals surface area contributed by atoms with Crippen LogP contribution in [0.5, 0.6) is 11.6 Å². The molecule has 2 aromatic carbocycles. The summed E-state index contributed by atoms with van der Waals surface area (Å²) in [4.78, 5) is 14.2. The Morgan fingerprint density at radius 2 is 1.73 bits per heavy atom. The second-order valence-electron chi connectivity index (χ2n) is 8.33. The molecule has 5 nitrogen and oxygen atoms in total. The van der Waals surface area contributed by atoms with Gasteiger partial charge in [-0.3, -0.25) is 4.98 Å². The number of aliphatic hydroxyl groups is 1. The predicted molar refractivity (Wildman–Crippen MR) is 131 cm³/mol. The van der Waals surface area contributed by atoms with E-state index in [0.29, 0.717) is 23.9 Å². The van der Waals surface area contributed by atoms with Gasteiger partial charge >= 0.3 is 0 Å². The molecule has 0 unspecified atom stereocenters. The van der Waals surface area contributed by atoms with Crippen molar-refractivity contribution in [2.24, 2.45) is 0 Å². The van der Waals surface area contributed by atoms with Gasteiger partial charge in [-0.25, -0.2) is 4.98 Å². The number of pyridine rings is 1. The summed E-state index contributed by atoms with van der Waals surface area (Å²) in [5.41, 5.74) is 8.16. The Labute approximate surface area is 197 Å². The van der Waals surface area contributed by atoms with Crippen molar-refractivity contribution in [2.75, 3.05) is 0 Å². The Kier molecular flexibility index (Phi) is 5.87. The van der Waals surface area contributed by atoms with Crippen molar-refractivity contribution >= 4 is 11.8 Å². The minimum Gasteiger partial charge on any atom is -0.436 e. The van der Waals surface area contributed by atoms with Gasteiger partial charge in [-0.2, -0.15) is 4.98 Å². The Bertz CT molecular complexity index is 1340. The molecule has 6 heteroatoms. The number of ether oxygens (including phenoxy) is 1. The first kappa shape index (κ1) is 21.6. The van der Waals surface area contributed by atoms with E-state index in [9.17, 15) is 5.11 Å². The highest BCUT2D eigenvalue weighted by Crippen LogP contribution is 2.43. The molecule has 4 aromatic rings. The van der Waals surface area contributed by atoms with Crippen molar-refractivity contribution in [3.63, 3.8) is 0 Å². The van der Waals surface area contributed by atoms with Crippen LogP contribution >= 0.6 is 11.8 Å². The maximum absolute atomic E-state index is 9.87. The molecule has 0 atom stereocenters. The maximum Gasteiger partial charge on any atom is 0.227 e. The van der Waals surface area contributed by atoms with Crippen LogP contribution in [0, 0.1) is 20.8 Å². The lowest BCUT2D eigenvalue weighted by molar-refractivity contribution is 0.278. The van der Waals surface area contributed by atoms with Crippen LogP contribution in [0.25, 0.3) is 11.4 Å². The minimum absolute atomic E-state index is 0.0811. The van der Waals surface area contributed by atoms with Gasteiger partial charge in [0.1, 0.15) is 5.03 Å². The number of hydrogen-bond acceptors (Lipinski definition) is 6. The van der Waals surface area contributed by atoms with Crippen molar-refractivity contribution in [3.8, 4) is 23.0 Å². The van der Waals surface area contributed by atoms with Crippen molar-refractivity contribution in [1.29, 1.82) is 0 Å². The highest BCUT2D eigenvalue weighted by atomic mass is 32.2. The highest BCUT2D eigenvalue weighted by Gasteiger charge is 2.27. The van der Waals surface area contributed by atoms with Gasteiger partial charge in [-0.15, -0.1) is 11.8 Å². The smallest absolute Gasteiger partial charge is 0.227 e. The summed E-state index contributed by atoms with van der Waals surface area (Å²) in [6.45, 7) is 6.03. The summed E-state index contributed by atoms with van der Waals surface area (Å²) in [6, 6.07) is 16.6. The molecule has 0 radical (unpaired) electrons. The second-order valence-corrected chi connectivity index (χ2v) is 9.29. The number of benzene rings is 2. The third-order valence-electron chi connectivity index (χ3n) is 5.99. The third-order valence-corrected chi connectivity index (χ3v) is 7.06. The average molecular weight is 456 g/mol. The van der Waals surface area contributed by atoms with Crippen LogP contribution in [-0.2, 0) is 18.8 Å². The molecule has 2 aromatic heterocycles. The Morgan fingerprint density at radius 3 is 2.48 bits per heavy atom. The quantitative estimate of drug-likeness (QED) is 0.261. The van der Waals surface area contributed by atoms with Crippen molar-refractivity contribution in [3.05, 3.63) is 93.8 Å². The number of aromatic nitrogens is 3. The molecular weight excluding hydrogens is 430 g/mol. The van der Waals surface area contributed by atoms with E-state index in [-0.39, 0.29) is 6.61 Å². The number of hydrogen-bond donors (Lipinski definition) is 1. The number of aryl methyl sites for hydroxylation is 3. The number of rotatable bonds is 5. The number of thioether (sulfide) groups is 1. The molecule has 1 aliphatic heterocycles. The molecule has 0 spiro atoms. The first-order chi connectivity index (χ1) is 16.0. The van der Waals surface area contributed by atoms with Crippen LogP contribution in [0.2, 0.25) is 0 Å². The normalized spacial score (nSPS) is 12.1. The summed E-state index contributed by atoms with van der Waals surface area (Å²) in [5.74, 6) is 2.71. The standard InChI is InChI=1S/C27H25N3O2S/c1-16-8-10-19(11-9-16)25-29-26-23(12-22-21(14-31)13-28-18(3)24(22)32-26)27(30-25)33-15-20-7-5-4-6-17(20)2/h4-11,13,31H,12,14-15H2,1-3H3. The van der Waals surface area contributed by atoms with E-state index < -0.39 is 0 Å². The molecule has 0 fully saturated rings. The molecule has 0 amide bonds. The lowest BCUT2D eigenvalue weighted by Crippen LogP contribution is -2.13. The van der Waals surface area contributed by atoms with Gasteiger partial charge in [0.05, 0.1) is 17.9 Å². The second kappa shape index (κ2) is 8.96. The first-order valence-electron chi connectivity index (χ1n) is 10.9. The van der Waals surface area contributed by atoms with E-state index in [1.807, 2.05) is 19.1 Å². The van der Waals surface area contributed by atoms with Crippen LogP contribution < -0.4 is 4.74 Å². The lowest BCUT2D eigenvalue weighted by Gasteiger charge is -2.24. The van der Waals surface area contributed by atoms with Gasteiger partial charge in [0.15, 0.2) is 11.6 Å². The minimum atomic E-state index is -0.0811. The van der Waals surface area contributed by atoms with Crippen LogP contribution in [0.3, 0.4) is 0 Å². The van der Waals surface area contributed by atoms with Gasteiger partial charge in [-0.1, -0.05) is 54.1 Å². The Morgan fingerprint density at radius 1 is 0.939 bits per heavy atom. The fourth-order valence-corrected chi connectivity index (χ4v) is 5.06. The SMILES string of the molecule is Cc1ccc(-c2nc3c(c(SCc4ccccc4C)n2)Cc2c(CO)cnc(C)c2O3)cc1. The van der Waals surface area contributed by atoms with Gasteiger partial charge in [0.25, 0.3) is 0 Å². The molecule has 3 heterocycles. The van der Waals surface area contributed by atoms with E-state index >= 15 is 0 Å². The van der Waals surface area contributed by atoms with Gasteiger partial charge < -0.3 is 9.84 Å². The van der Waals surface area contributed by atoms with Crippen molar-refractivity contribution < 1.29 is 9.84 Å².